The Bertz CT molecular complexity index is 450. The van der Waals surface area contributed by atoms with Gasteiger partial charge in [-0.25, -0.2) is 0 Å². The SMILES string of the molecule is CC(CN(C)C(=O)C(C)SCc1ccccc1)C(=O)O. The van der Waals surface area contributed by atoms with E-state index in [1.165, 1.54) is 10.5 Å². The van der Waals surface area contributed by atoms with Gasteiger partial charge in [-0.3, -0.25) is 9.59 Å². The Morgan fingerprint density at radius 3 is 2.40 bits per heavy atom. The van der Waals surface area contributed by atoms with Crippen LogP contribution in [0.5, 0.6) is 0 Å². The van der Waals surface area contributed by atoms with Crippen LogP contribution >= 0.6 is 11.8 Å². The molecule has 0 bridgehead atoms. The first-order chi connectivity index (χ1) is 9.41. The van der Waals surface area contributed by atoms with E-state index in [9.17, 15) is 9.59 Å². The Hall–Kier alpha value is -1.49. The Balaban J connectivity index is 2.44. The molecule has 0 aliphatic carbocycles. The molecule has 0 heterocycles. The van der Waals surface area contributed by atoms with Crippen molar-refractivity contribution in [2.75, 3.05) is 13.6 Å². The van der Waals surface area contributed by atoms with Crippen LogP contribution in [0.3, 0.4) is 0 Å². The lowest BCUT2D eigenvalue weighted by Gasteiger charge is -2.22. The molecule has 20 heavy (non-hydrogen) atoms. The van der Waals surface area contributed by atoms with Crippen LogP contribution < -0.4 is 0 Å². The van der Waals surface area contributed by atoms with E-state index in [1.807, 2.05) is 37.3 Å². The summed E-state index contributed by atoms with van der Waals surface area (Å²) in [5.41, 5.74) is 1.18. The number of carbonyl (C=O) groups excluding carboxylic acids is 1. The van der Waals surface area contributed by atoms with E-state index in [1.54, 1.807) is 25.7 Å². The average Bonchev–Trinajstić information content (AvgIpc) is 2.44. The van der Waals surface area contributed by atoms with Crippen LogP contribution in [0.25, 0.3) is 0 Å². The van der Waals surface area contributed by atoms with E-state index in [-0.39, 0.29) is 17.7 Å². The third kappa shape index (κ3) is 5.25. The molecule has 0 aliphatic rings. The molecule has 110 valence electrons. The summed E-state index contributed by atoms with van der Waals surface area (Å²) in [7, 11) is 1.65. The second kappa shape index (κ2) is 7.94. The number of hydrogen-bond donors (Lipinski definition) is 1. The standard InChI is InChI=1S/C15H21NO3S/c1-11(15(18)19)9-16(3)14(17)12(2)20-10-13-7-5-4-6-8-13/h4-8,11-12H,9-10H2,1-3H3,(H,18,19). The Morgan fingerprint density at radius 2 is 1.85 bits per heavy atom. The molecule has 1 aromatic rings. The summed E-state index contributed by atoms with van der Waals surface area (Å²) in [5, 5.41) is 8.68. The van der Waals surface area contributed by atoms with E-state index >= 15 is 0 Å². The van der Waals surface area contributed by atoms with Crippen LogP contribution in [0.1, 0.15) is 19.4 Å². The van der Waals surface area contributed by atoms with Gasteiger partial charge in [-0.1, -0.05) is 37.3 Å². The molecule has 0 aliphatic heterocycles. The van der Waals surface area contributed by atoms with Crippen molar-refractivity contribution in [1.29, 1.82) is 0 Å². The molecule has 0 fully saturated rings. The van der Waals surface area contributed by atoms with E-state index in [0.717, 1.165) is 5.75 Å². The molecule has 1 N–H and O–H groups in total. The number of nitrogens with zero attached hydrogens (tertiary/aromatic N) is 1. The number of rotatable bonds is 7. The molecule has 1 aromatic carbocycles. The highest BCUT2D eigenvalue weighted by atomic mass is 32.2. The molecule has 0 radical (unpaired) electrons. The van der Waals surface area contributed by atoms with Gasteiger partial charge in [0.15, 0.2) is 0 Å². The minimum atomic E-state index is -0.880. The molecule has 0 aromatic heterocycles. The van der Waals surface area contributed by atoms with Gasteiger partial charge >= 0.3 is 5.97 Å². The van der Waals surface area contributed by atoms with E-state index < -0.39 is 11.9 Å². The molecular weight excluding hydrogens is 274 g/mol. The molecule has 1 amide bonds. The number of amides is 1. The van der Waals surface area contributed by atoms with Gasteiger partial charge in [0.1, 0.15) is 0 Å². The fourth-order valence-corrected chi connectivity index (χ4v) is 2.71. The maximum atomic E-state index is 12.1. The Labute approximate surface area is 124 Å². The lowest BCUT2D eigenvalue weighted by atomic mass is 10.2. The van der Waals surface area contributed by atoms with Crippen LogP contribution in [0.4, 0.5) is 0 Å². The predicted octanol–water partition coefficient (Wildman–Crippen LogP) is 2.49. The molecular formula is C15H21NO3S. The number of carboxylic acids is 1. The first-order valence-corrected chi connectivity index (χ1v) is 7.60. The van der Waals surface area contributed by atoms with Gasteiger partial charge in [0.25, 0.3) is 0 Å². The first-order valence-electron chi connectivity index (χ1n) is 6.55. The normalized spacial score (nSPS) is 13.6. The molecule has 0 spiro atoms. The van der Waals surface area contributed by atoms with E-state index in [4.69, 9.17) is 5.11 Å². The van der Waals surface area contributed by atoms with Crippen molar-refractivity contribution in [1.82, 2.24) is 4.90 Å². The first kappa shape index (κ1) is 16.6. The van der Waals surface area contributed by atoms with Gasteiger partial charge in [-0.15, -0.1) is 11.8 Å². The molecule has 0 saturated heterocycles. The van der Waals surface area contributed by atoms with Crippen LogP contribution in [-0.2, 0) is 15.3 Å². The molecule has 0 saturated carbocycles. The summed E-state index contributed by atoms with van der Waals surface area (Å²) in [6, 6.07) is 9.97. The zero-order valence-electron chi connectivity index (χ0n) is 12.1. The van der Waals surface area contributed by atoms with E-state index in [0.29, 0.717) is 0 Å². The fourth-order valence-electron chi connectivity index (χ4n) is 1.76. The summed E-state index contributed by atoms with van der Waals surface area (Å²) in [4.78, 5) is 24.4. The molecule has 4 nitrogen and oxygen atoms in total. The quantitative estimate of drug-likeness (QED) is 0.839. The van der Waals surface area contributed by atoms with Crippen molar-refractivity contribution >= 4 is 23.6 Å². The molecule has 2 unspecified atom stereocenters. The summed E-state index contributed by atoms with van der Waals surface area (Å²) in [6.45, 7) is 3.70. The van der Waals surface area contributed by atoms with Crippen molar-refractivity contribution in [3.63, 3.8) is 0 Å². The highest BCUT2D eigenvalue weighted by Gasteiger charge is 2.21. The minimum absolute atomic E-state index is 0.0287. The zero-order valence-corrected chi connectivity index (χ0v) is 12.9. The lowest BCUT2D eigenvalue weighted by Crippen LogP contribution is -2.38. The predicted molar refractivity (Wildman–Crippen MR) is 81.6 cm³/mol. The number of carbonyl (C=O) groups is 2. The molecule has 2 atom stereocenters. The van der Waals surface area contributed by atoms with Gasteiger partial charge in [0.05, 0.1) is 11.2 Å². The second-order valence-electron chi connectivity index (χ2n) is 4.90. The fraction of sp³-hybridized carbons (Fsp3) is 0.467. The Morgan fingerprint density at radius 1 is 1.25 bits per heavy atom. The largest absolute Gasteiger partial charge is 0.481 e. The number of benzene rings is 1. The molecule has 5 heteroatoms. The van der Waals surface area contributed by atoms with Crippen molar-refractivity contribution in [2.24, 2.45) is 5.92 Å². The summed E-state index contributed by atoms with van der Waals surface area (Å²) in [6.07, 6.45) is 0. The second-order valence-corrected chi connectivity index (χ2v) is 6.23. The maximum Gasteiger partial charge on any atom is 0.308 e. The maximum absolute atomic E-state index is 12.1. The number of hydrogen-bond acceptors (Lipinski definition) is 3. The average molecular weight is 295 g/mol. The smallest absolute Gasteiger partial charge is 0.308 e. The van der Waals surface area contributed by atoms with Gasteiger partial charge in [0, 0.05) is 19.3 Å². The minimum Gasteiger partial charge on any atom is -0.481 e. The van der Waals surface area contributed by atoms with Gasteiger partial charge in [-0.2, -0.15) is 0 Å². The van der Waals surface area contributed by atoms with Crippen LogP contribution in [0.15, 0.2) is 30.3 Å². The van der Waals surface area contributed by atoms with Crippen LogP contribution in [0, 0.1) is 5.92 Å². The van der Waals surface area contributed by atoms with Crippen molar-refractivity contribution in [2.45, 2.75) is 24.9 Å². The lowest BCUT2D eigenvalue weighted by molar-refractivity contribution is -0.142. The summed E-state index contributed by atoms with van der Waals surface area (Å²) < 4.78 is 0. The number of carboxylic acid groups (broad SMARTS) is 1. The number of thioether (sulfide) groups is 1. The summed E-state index contributed by atoms with van der Waals surface area (Å²) >= 11 is 1.56. The highest BCUT2D eigenvalue weighted by Crippen LogP contribution is 2.19. The van der Waals surface area contributed by atoms with Crippen molar-refractivity contribution < 1.29 is 14.7 Å². The van der Waals surface area contributed by atoms with Crippen molar-refractivity contribution in [3.8, 4) is 0 Å². The van der Waals surface area contributed by atoms with Gasteiger partial charge in [0.2, 0.25) is 5.91 Å². The monoisotopic (exact) mass is 295 g/mol. The van der Waals surface area contributed by atoms with Crippen molar-refractivity contribution in [3.05, 3.63) is 35.9 Å². The van der Waals surface area contributed by atoms with Crippen LogP contribution in [0.2, 0.25) is 0 Å². The third-order valence-corrected chi connectivity index (χ3v) is 4.24. The van der Waals surface area contributed by atoms with Gasteiger partial charge < -0.3 is 10.0 Å². The van der Waals surface area contributed by atoms with Crippen LogP contribution in [-0.4, -0.2) is 40.7 Å². The molecule has 1 rings (SSSR count). The Kier molecular flexibility index (Phi) is 6.58. The summed E-state index contributed by atoms with van der Waals surface area (Å²) in [5.74, 6) is -0.681. The van der Waals surface area contributed by atoms with E-state index in [2.05, 4.69) is 0 Å². The number of aliphatic carboxylic acids is 1. The van der Waals surface area contributed by atoms with Gasteiger partial charge in [-0.05, 0) is 12.5 Å². The zero-order chi connectivity index (χ0) is 15.1. The topological polar surface area (TPSA) is 57.6 Å². The third-order valence-electron chi connectivity index (χ3n) is 3.04. The highest BCUT2D eigenvalue weighted by molar-refractivity contribution is 7.99.